The fraction of sp³-hybridized carbons (Fsp3) is 0.556. The third-order valence-corrected chi connectivity index (χ3v) is 4.65. The zero-order valence-corrected chi connectivity index (χ0v) is 14.2. The lowest BCUT2D eigenvalue weighted by Crippen LogP contribution is -2.46. The van der Waals surface area contributed by atoms with E-state index < -0.39 is 0 Å². The molecule has 1 unspecified atom stereocenters. The Balaban J connectivity index is 1.38. The van der Waals surface area contributed by atoms with Gasteiger partial charge in [0.2, 0.25) is 17.7 Å². The molecular formula is C18H24N4O3. The average Bonchev–Trinajstić information content (AvgIpc) is 3.47. The van der Waals surface area contributed by atoms with Crippen molar-refractivity contribution in [1.29, 1.82) is 0 Å². The van der Waals surface area contributed by atoms with Crippen LogP contribution in [0.4, 0.5) is 5.69 Å². The van der Waals surface area contributed by atoms with Crippen molar-refractivity contribution < 1.29 is 14.4 Å². The van der Waals surface area contributed by atoms with E-state index in [-0.39, 0.29) is 36.0 Å². The van der Waals surface area contributed by atoms with Gasteiger partial charge in [-0.1, -0.05) is 0 Å². The molecule has 25 heavy (non-hydrogen) atoms. The number of piperidine rings is 1. The van der Waals surface area contributed by atoms with Gasteiger partial charge < -0.3 is 15.5 Å². The smallest absolute Gasteiger partial charge is 0.226 e. The maximum absolute atomic E-state index is 12.3. The van der Waals surface area contributed by atoms with Gasteiger partial charge in [-0.3, -0.25) is 19.4 Å². The highest BCUT2D eigenvalue weighted by Gasteiger charge is 2.36. The summed E-state index contributed by atoms with van der Waals surface area (Å²) in [6, 6.07) is 3.42. The molecule has 7 nitrogen and oxygen atoms in total. The Kier molecular flexibility index (Phi) is 5.63. The molecule has 1 aliphatic heterocycles. The Hall–Kier alpha value is -2.44. The number of likely N-dealkylation sites (tertiary alicyclic amines) is 1. The van der Waals surface area contributed by atoms with Crippen LogP contribution in [0.3, 0.4) is 0 Å². The molecule has 3 rings (SSSR count). The first-order valence-electron chi connectivity index (χ1n) is 8.90. The van der Waals surface area contributed by atoms with Gasteiger partial charge in [0.25, 0.3) is 0 Å². The van der Waals surface area contributed by atoms with Crippen molar-refractivity contribution in [3.05, 3.63) is 24.5 Å². The molecule has 0 aromatic carbocycles. The van der Waals surface area contributed by atoms with Crippen molar-refractivity contribution in [3.63, 3.8) is 0 Å². The molecule has 0 spiro atoms. The number of pyridine rings is 1. The number of amides is 3. The first-order chi connectivity index (χ1) is 12.1. The van der Waals surface area contributed by atoms with Crippen LogP contribution in [0, 0.1) is 11.8 Å². The lowest BCUT2D eigenvalue weighted by molar-refractivity contribution is -0.136. The van der Waals surface area contributed by atoms with Crippen molar-refractivity contribution in [2.75, 3.05) is 25.0 Å². The minimum Gasteiger partial charge on any atom is -0.355 e. The summed E-state index contributed by atoms with van der Waals surface area (Å²) < 4.78 is 0. The van der Waals surface area contributed by atoms with Crippen molar-refractivity contribution >= 4 is 23.4 Å². The van der Waals surface area contributed by atoms with Gasteiger partial charge in [0, 0.05) is 50.1 Å². The van der Waals surface area contributed by atoms with Crippen LogP contribution < -0.4 is 10.6 Å². The van der Waals surface area contributed by atoms with E-state index in [2.05, 4.69) is 15.6 Å². The van der Waals surface area contributed by atoms with E-state index in [1.54, 1.807) is 24.5 Å². The molecule has 1 aromatic heterocycles. The van der Waals surface area contributed by atoms with Gasteiger partial charge in [-0.25, -0.2) is 0 Å². The quantitative estimate of drug-likeness (QED) is 0.810. The summed E-state index contributed by atoms with van der Waals surface area (Å²) in [5.41, 5.74) is 0.688. The highest BCUT2D eigenvalue weighted by molar-refractivity contribution is 5.91. The Morgan fingerprint density at radius 2 is 1.88 bits per heavy atom. The highest BCUT2D eigenvalue weighted by atomic mass is 16.2. The van der Waals surface area contributed by atoms with Crippen molar-refractivity contribution in [2.45, 2.75) is 32.1 Å². The number of nitrogens with one attached hydrogen (secondary N) is 2. The zero-order valence-electron chi connectivity index (χ0n) is 14.2. The van der Waals surface area contributed by atoms with Gasteiger partial charge in [-0.05, 0) is 37.8 Å². The number of nitrogens with zero attached hydrogens (tertiary/aromatic N) is 2. The fourth-order valence-corrected chi connectivity index (χ4v) is 3.08. The number of carbonyl (C=O) groups excluding carboxylic acids is 3. The number of anilines is 1. The lowest BCUT2D eigenvalue weighted by atomic mass is 9.96. The summed E-state index contributed by atoms with van der Waals surface area (Å²) in [6.07, 6.45) is 7.05. The van der Waals surface area contributed by atoms with Crippen molar-refractivity contribution in [3.8, 4) is 0 Å². The first-order valence-corrected chi connectivity index (χ1v) is 8.90. The molecule has 2 heterocycles. The average molecular weight is 344 g/mol. The third kappa shape index (κ3) is 5.01. The molecule has 1 saturated carbocycles. The molecule has 1 saturated heterocycles. The predicted molar refractivity (Wildman–Crippen MR) is 92.5 cm³/mol. The van der Waals surface area contributed by atoms with Gasteiger partial charge in [0.1, 0.15) is 0 Å². The maximum Gasteiger partial charge on any atom is 0.226 e. The van der Waals surface area contributed by atoms with Crippen LogP contribution in [0.25, 0.3) is 0 Å². The van der Waals surface area contributed by atoms with Crippen molar-refractivity contribution in [2.24, 2.45) is 11.8 Å². The van der Waals surface area contributed by atoms with Crippen LogP contribution in [-0.2, 0) is 14.4 Å². The van der Waals surface area contributed by atoms with E-state index in [1.165, 1.54) is 0 Å². The largest absolute Gasteiger partial charge is 0.355 e. The van der Waals surface area contributed by atoms with E-state index >= 15 is 0 Å². The number of aromatic nitrogens is 1. The van der Waals surface area contributed by atoms with E-state index in [0.29, 0.717) is 18.8 Å². The molecule has 134 valence electrons. The molecule has 7 heteroatoms. The monoisotopic (exact) mass is 344 g/mol. The van der Waals surface area contributed by atoms with E-state index in [1.807, 2.05) is 4.90 Å². The van der Waals surface area contributed by atoms with Crippen LogP contribution in [0.2, 0.25) is 0 Å². The second-order valence-electron chi connectivity index (χ2n) is 6.72. The van der Waals surface area contributed by atoms with Gasteiger partial charge >= 0.3 is 0 Å². The molecule has 1 atom stereocenters. The van der Waals surface area contributed by atoms with E-state index in [0.717, 1.165) is 32.2 Å². The molecular weight excluding hydrogens is 320 g/mol. The first kappa shape index (κ1) is 17.4. The maximum atomic E-state index is 12.3. The van der Waals surface area contributed by atoms with Crippen LogP contribution in [-0.4, -0.2) is 47.2 Å². The number of carbonyl (C=O) groups is 3. The molecule has 1 aromatic rings. The highest BCUT2D eigenvalue weighted by Crippen LogP contribution is 2.32. The molecule has 0 radical (unpaired) electrons. The van der Waals surface area contributed by atoms with E-state index in [9.17, 15) is 14.4 Å². The summed E-state index contributed by atoms with van der Waals surface area (Å²) in [5.74, 6) is 0.0123. The second-order valence-corrected chi connectivity index (χ2v) is 6.72. The normalized spacial score (nSPS) is 20.0. The van der Waals surface area contributed by atoms with Gasteiger partial charge in [-0.15, -0.1) is 0 Å². The van der Waals surface area contributed by atoms with Crippen LogP contribution in [0.15, 0.2) is 24.5 Å². The minimum atomic E-state index is -0.167. The Morgan fingerprint density at radius 1 is 1.12 bits per heavy atom. The van der Waals surface area contributed by atoms with Crippen molar-refractivity contribution in [1.82, 2.24) is 15.2 Å². The minimum absolute atomic E-state index is 0.0648. The van der Waals surface area contributed by atoms with Gasteiger partial charge in [0.15, 0.2) is 0 Å². The Morgan fingerprint density at radius 3 is 2.60 bits per heavy atom. The molecule has 3 amide bonds. The summed E-state index contributed by atoms with van der Waals surface area (Å²) in [5, 5.41) is 5.58. The molecule has 0 bridgehead atoms. The van der Waals surface area contributed by atoms with Gasteiger partial charge in [-0.2, -0.15) is 0 Å². The summed E-state index contributed by atoms with van der Waals surface area (Å²) in [7, 11) is 0. The standard InChI is InChI=1S/C18H24N4O3/c23-16(21-15-5-8-19-9-6-15)7-10-20-17(24)14-2-1-11-22(12-14)18(25)13-3-4-13/h5-6,8-9,13-14H,1-4,7,10-12H2,(H,20,24)(H,19,21,23). The van der Waals surface area contributed by atoms with Crippen LogP contribution >= 0.6 is 0 Å². The molecule has 2 aliphatic rings. The topological polar surface area (TPSA) is 91.4 Å². The molecule has 2 N–H and O–H groups in total. The third-order valence-electron chi connectivity index (χ3n) is 4.65. The summed E-state index contributed by atoms with van der Waals surface area (Å²) >= 11 is 0. The number of rotatable bonds is 6. The van der Waals surface area contributed by atoms with Crippen LogP contribution in [0.5, 0.6) is 0 Å². The molecule has 2 fully saturated rings. The van der Waals surface area contributed by atoms with Gasteiger partial charge in [0.05, 0.1) is 5.92 Å². The van der Waals surface area contributed by atoms with E-state index in [4.69, 9.17) is 0 Å². The summed E-state index contributed by atoms with van der Waals surface area (Å²) in [4.78, 5) is 42.0. The predicted octanol–water partition coefficient (Wildman–Crippen LogP) is 1.17. The Labute approximate surface area is 147 Å². The molecule has 1 aliphatic carbocycles. The summed E-state index contributed by atoms with van der Waals surface area (Å²) in [6.45, 7) is 1.56. The lowest BCUT2D eigenvalue weighted by Gasteiger charge is -2.32. The number of hydrogen-bond donors (Lipinski definition) is 2. The second kappa shape index (κ2) is 8.09. The number of hydrogen-bond acceptors (Lipinski definition) is 4. The SMILES string of the molecule is O=C(CCNC(=O)C1CCCN(C(=O)C2CC2)C1)Nc1ccncc1. The van der Waals surface area contributed by atoms with Crippen LogP contribution in [0.1, 0.15) is 32.1 Å². The zero-order chi connectivity index (χ0) is 17.6. The fourth-order valence-electron chi connectivity index (χ4n) is 3.08. The Bertz CT molecular complexity index is 630.